The molecule has 6 heteroatoms. The maximum atomic E-state index is 6.03. The molecule has 0 N–H and O–H groups in total. The molecule has 5 rings (SSSR count). The molecule has 142 valence electrons. The van der Waals surface area contributed by atoms with Crippen molar-refractivity contribution >= 4 is 5.52 Å². The van der Waals surface area contributed by atoms with Gasteiger partial charge in [0, 0.05) is 37.0 Å². The lowest BCUT2D eigenvalue weighted by Crippen LogP contribution is -2.37. The summed E-state index contributed by atoms with van der Waals surface area (Å²) in [7, 11) is 0. The zero-order valence-corrected chi connectivity index (χ0v) is 15.8. The summed E-state index contributed by atoms with van der Waals surface area (Å²) in [5.74, 6) is 0. The quantitative estimate of drug-likeness (QED) is 0.543. The monoisotopic (exact) mass is 374 g/mol. The number of aromatic nitrogens is 3. The van der Waals surface area contributed by atoms with Crippen LogP contribution in [0.4, 0.5) is 0 Å². The molecular weight excluding hydrogens is 352 g/mol. The number of pyridine rings is 1. The van der Waals surface area contributed by atoms with Gasteiger partial charge in [-0.15, -0.1) is 5.10 Å². The van der Waals surface area contributed by atoms with Crippen molar-refractivity contribution in [3.63, 3.8) is 0 Å². The Kier molecular flexibility index (Phi) is 4.43. The van der Waals surface area contributed by atoms with Crippen LogP contribution >= 0.6 is 0 Å². The van der Waals surface area contributed by atoms with Gasteiger partial charge in [0.15, 0.2) is 0 Å². The van der Waals surface area contributed by atoms with Gasteiger partial charge in [-0.2, -0.15) is 0 Å². The van der Waals surface area contributed by atoms with Crippen LogP contribution in [0.1, 0.15) is 22.9 Å². The number of hydrogen-bond acceptors (Lipinski definition) is 5. The van der Waals surface area contributed by atoms with E-state index >= 15 is 0 Å². The molecule has 0 saturated carbocycles. The molecule has 1 saturated heterocycles. The largest absolute Gasteiger partial charge is 0.472 e. The number of furan rings is 1. The predicted molar refractivity (Wildman–Crippen MR) is 106 cm³/mol. The molecule has 6 nitrogen and oxygen atoms in total. The minimum Gasteiger partial charge on any atom is -0.472 e. The number of hydrogen-bond donors (Lipinski definition) is 0. The van der Waals surface area contributed by atoms with E-state index < -0.39 is 0 Å². The first-order chi connectivity index (χ1) is 13.8. The molecule has 1 aliphatic rings. The number of ether oxygens (including phenoxy) is 1. The highest BCUT2D eigenvalue weighted by Gasteiger charge is 2.26. The average Bonchev–Trinajstić information content (AvgIpc) is 3.38. The standard InChI is InChI=1S/C22H22N4O2/c1-16-2-4-18(5-3-16)19-6-7-20-22(23-24-26(20)13-19)21-14-25(9-11-28-21)12-17-8-10-27-15-17/h2-8,10,13,15,21H,9,11-12,14H2,1H3. The molecule has 1 atom stereocenters. The van der Waals surface area contributed by atoms with Crippen molar-refractivity contribution in [3.8, 4) is 11.1 Å². The molecule has 4 heterocycles. The van der Waals surface area contributed by atoms with Crippen LogP contribution in [0.15, 0.2) is 65.6 Å². The van der Waals surface area contributed by atoms with E-state index in [-0.39, 0.29) is 6.10 Å². The van der Waals surface area contributed by atoms with Crippen molar-refractivity contribution < 1.29 is 9.15 Å². The molecule has 4 aromatic rings. The van der Waals surface area contributed by atoms with Crippen LogP contribution in [0, 0.1) is 6.92 Å². The van der Waals surface area contributed by atoms with Gasteiger partial charge >= 0.3 is 0 Å². The van der Waals surface area contributed by atoms with E-state index in [1.54, 1.807) is 12.5 Å². The fraction of sp³-hybridized carbons (Fsp3) is 0.273. The minimum atomic E-state index is -0.0802. The first-order valence-corrected chi connectivity index (χ1v) is 9.53. The first kappa shape index (κ1) is 17.2. The van der Waals surface area contributed by atoms with Gasteiger partial charge in [-0.3, -0.25) is 4.90 Å². The normalized spacial score (nSPS) is 18.0. The molecule has 0 aliphatic carbocycles. The molecule has 0 radical (unpaired) electrons. The third-order valence-electron chi connectivity index (χ3n) is 5.27. The number of benzene rings is 1. The van der Waals surface area contributed by atoms with Gasteiger partial charge in [0.1, 0.15) is 11.8 Å². The van der Waals surface area contributed by atoms with E-state index in [1.165, 1.54) is 16.7 Å². The number of morpholine rings is 1. The van der Waals surface area contributed by atoms with Gasteiger partial charge in [0.05, 0.1) is 24.6 Å². The Morgan fingerprint density at radius 3 is 2.75 bits per heavy atom. The Balaban J connectivity index is 1.39. The fourth-order valence-corrected chi connectivity index (χ4v) is 3.71. The summed E-state index contributed by atoms with van der Waals surface area (Å²) in [6, 6.07) is 14.7. The van der Waals surface area contributed by atoms with Crippen molar-refractivity contribution in [2.45, 2.75) is 19.6 Å². The molecular formula is C22H22N4O2. The second kappa shape index (κ2) is 7.22. The Hall–Kier alpha value is -2.96. The molecule has 0 amide bonds. The lowest BCUT2D eigenvalue weighted by Gasteiger charge is -2.31. The maximum absolute atomic E-state index is 6.03. The van der Waals surface area contributed by atoms with E-state index in [1.807, 2.05) is 16.8 Å². The summed E-state index contributed by atoms with van der Waals surface area (Å²) >= 11 is 0. The molecule has 1 unspecified atom stereocenters. The Labute approximate surface area is 163 Å². The number of rotatable bonds is 4. The van der Waals surface area contributed by atoms with E-state index in [4.69, 9.17) is 9.15 Å². The smallest absolute Gasteiger partial charge is 0.121 e. The van der Waals surface area contributed by atoms with Gasteiger partial charge < -0.3 is 9.15 Å². The topological polar surface area (TPSA) is 55.8 Å². The highest BCUT2D eigenvalue weighted by molar-refractivity contribution is 5.66. The SMILES string of the molecule is Cc1ccc(-c2ccc3c(C4CN(Cc5ccoc5)CCO4)nnn3c2)cc1. The van der Waals surface area contributed by atoms with Crippen molar-refractivity contribution in [1.82, 2.24) is 19.7 Å². The van der Waals surface area contributed by atoms with Gasteiger partial charge in [-0.1, -0.05) is 41.1 Å². The lowest BCUT2D eigenvalue weighted by molar-refractivity contribution is -0.0343. The van der Waals surface area contributed by atoms with E-state index in [0.29, 0.717) is 6.61 Å². The highest BCUT2D eigenvalue weighted by Crippen LogP contribution is 2.27. The summed E-state index contributed by atoms with van der Waals surface area (Å²) in [5, 5.41) is 8.79. The van der Waals surface area contributed by atoms with E-state index in [0.717, 1.165) is 36.4 Å². The van der Waals surface area contributed by atoms with Gasteiger partial charge in [-0.25, -0.2) is 4.52 Å². The zero-order chi connectivity index (χ0) is 18.9. The van der Waals surface area contributed by atoms with Crippen LogP contribution in [-0.4, -0.2) is 39.4 Å². The summed E-state index contributed by atoms with van der Waals surface area (Å²) in [4.78, 5) is 2.37. The van der Waals surface area contributed by atoms with Crippen LogP contribution < -0.4 is 0 Å². The molecule has 28 heavy (non-hydrogen) atoms. The van der Waals surface area contributed by atoms with Crippen LogP contribution in [-0.2, 0) is 11.3 Å². The van der Waals surface area contributed by atoms with E-state index in [9.17, 15) is 0 Å². The molecule has 1 fully saturated rings. The molecule has 1 aliphatic heterocycles. The lowest BCUT2D eigenvalue weighted by atomic mass is 10.1. The molecule has 0 bridgehead atoms. The first-order valence-electron chi connectivity index (χ1n) is 9.53. The number of aryl methyl sites for hydroxylation is 1. The van der Waals surface area contributed by atoms with Crippen LogP contribution in [0.3, 0.4) is 0 Å². The third-order valence-corrected chi connectivity index (χ3v) is 5.27. The minimum absolute atomic E-state index is 0.0802. The fourth-order valence-electron chi connectivity index (χ4n) is 3.71. The number of nitrogens with zero attached hydrogens (tertiary/aromatic N) is 4. The summed E-state index contributed by atoms with van der Waals surface area (Å²) in [6.07, 6.45) is 5.46. The second-order valence-electron chi connectivity index (χ2n) is 7.31. The second-order valence-corrected chi connectivity index (χ2v) is 7.31. The molecule has 1 aromatic carbocycles. The Bertz CT molecular complexity index is 1070. The van der Waals surface area contributed by atoms with Gasteiger partial charge in [0.2, 0.25) is 0 Å². The van der Waals surface area contributed by atoms with Crippen LogP contribution in [0.2, 0.25) is 0 Å². The van der Waals surface area contributed by atoms with Crippen molar-refractivity contribution in [2.24, 2.45) is 0 Å². The van der Waals surface area contributed by atoms with E-state index in [2.05, 4.69) is 58.5 Å². The summed E-state index contributed by atoms with van der Waals surface area (Å²) in [5.41, 5.74) is 6.61. The maximum Gasteiger partial charge on any atom is 0.121 e. The predicted octanol–water partition coefficient (Wildman–Crippen LogP) is 3.87. The van der Waals surface area contributed by atoms with Gasteiger partial charge in [0.25, 0.3) is 0 Å². The highest BCUT2D eigenvalue weighted by atomic mass is 16.5. The van der Waals surface area contributed by atoms with Gasteiger partial charge in [-0.05, 0) is 24.6 Å². The third kappa shape index (κ3) is 3.32. The Morgan fingerprint density at radius 1 is 1.07 bits per heavy atom. The van der Waals surface area contributed by atoms with Crippen molar-refractivity contribution in [1.29, 1.82) is 0 Å². The summed E-state index contributed by atoms with van der Waals surface area (Å²) < 4.78 is 13.1. The number of fused-ring (bicyclic) bond motifs is 1. The van der Waals surface area contributed by atoms with Crippen LogP contribution in [0.25, 0.3) is 16.6 Å². The zero-order valence-electron chi connectivity index (χ0n) is 15.8. The molecule has 0 spiro atoms. The van der Waals surface area contributed by atoms with Crippen LogP contribution in [0.5, 0.6) is 0 Å². The summed E-state index contributed by atoms with van der Waals surface area (Å²) in [6.45, 7) is 5.32. The average molecular weight is 374 g/mol. The molecule has 3 aromatic heterocycles. The van der Waals surface area contributed by atoms with Crippen molar-refractivity contribution in [2.75, 3.05) is 19.7 Å². The van der Waals surface area contributed by atoms with Crippen molar-refractivity contribution in [3.05, 3.63) is 78.0 Å². The Morgan fingerprint density at radius 2 is 1.93 bits per heavy atom.